The summed E-state index contributed by atoms with van der Waals surface area (Å²) in [4.78, 5) is 6.83. The average molecular weight is 263 g/mol. The number of hydrogen-bond acceptors (Lipinski definition) is 3. The van der Waals surface area contributed by atoms with Crippen LogP contribution in [0.25, 0.3) is 0 Å². The van der Waals surface area contributed by atoms with E-state index in [-0.39, 0.29) is 0 Å². The van der Waals surface area contributed by atoms with Crippen molar-refractivity contribution < 1.29 is 0 Å². The number of pyridine rings is 1. The predicted octanol–water partition coefficient (Wildman–Crippen LogP) is 3.65. The van der Waals surface area contributed by atoms with Crippen LogP contribution in [0.3, 0.4) is 0 Å². The molecular formula is C17H17N3. The summed E-state index contributed by atoms with van der Waals surface area (Å²) in [6.07, 6.45) is 2.23. The molecule has 0 aliphatic carbocycles. The van der Waals surface area contributed by atoms with Crippen molar-refractivity contribution in [3.05, 3.63) is 52.7 Å². The molecule has 20 heavy (non-hydrogen) atoms. The van der Waals surface area contributed by atoms with Crippen LogP contribution in [0, 0.1) is 25.2 Å². The fraction of sp³-hybridized carbons (Fsp3) is 0.294. The first-order valence-electron chi connectivity index (χ1n) is 6.93. The molecule has 0 unspecified atom stereocenters. The Labute approximate surface area is 119 Å². The van der Waals surface area contributed by atoms with E-state index in [1.54, 1.807) is 0 Å². The molecule has 3 rings (SSSR count). The van der Waals surface area contributed by atoms with Crippen molar-refractivity contribution in [2.45, 2.75) is 26.7 Å². The minimum atomic E-state index is 0.673. The zero-order valence-corrected chi connectivity index (χ0v) is 11.8. The van der Waals surface area contributed by atoms with Crippen LogP contribution in [0.5, 0.6) is 0 Å². The quantitative estimate of drug-likeness (QED) is 0.788. The molecule has 1 aromatic carbocycles. The van der Waals surface area contributed by atoms with Gasteiger partial charge in [0, 0.05) is 17.9 Å². The van der Waals surface area contributed by atoms with Crippen molar-refractivity contribution in [1.82, 2.24) is 4.98 Å². The molecule has 0 N–H and O–H groups in total. The number of fused-ring (bicyclic) bond motifs is 1. The lowest BCUT2D eigenvalue weighted by molar-refractivity contribution is 0.757. The first kappa shape index (κ1) is 12.7. The van der Waals surface area contributed by atoms with Gasteiger partial charge in [-0.1, -0.05) is 17.7 Å². The third-order valence-corrected chi connectivity index (χ3v) is 3.70. The molecule has 2 aromatic rings. The first-order valence-corrected chi connectivity index (χ1v) is 6.93. The lowest BCUT2D eigenvalue weighted by atomic mass is 9.99. The highest BCUT2D eigenvalue weighted by molar-refractivity contribution is 5.67. The number of benzene rings is 1. The zero-order valence-electron chi connectivity index (χ0n) is 11.8. The van der Waals surface area contributed by atoms with E-state index in [1.807, 2.05) is 19.1 Å². The Morgan fingerprint density at radius 2 is 2.05 bits per heavy atom. The van der Waals surface area contributed by atoms with Crippen molar-refractivity contribution in [2.24, 2.45) is 0 Å². The van der Waals surface area contributed by atoms with Crippen LogP contribution in [-0.4, -0.2) is 11.5 Å². The second-order valence-electron chi connectivity index (χ2n) is 5.35. The van der Waals surface area contributed by atoms with Gasteiger partial charge in [0.25, 0.3) is 0 Å². The maximum atomic E-state index is 9.12. The van der Waals surface area contributed by atoms with Gasteiger partial charge in [-0.05, 0) is 50.5 Å². The van der Waals surface area contributed by atoms with E-state index < -0.39 is 0 Å². The molecule has 0 saturated heterocycles. The first-order chi connectivity index (χ1) is 9.67. The predicted molar refractivity (Wildman–Crippen MR) is 80.2 cm³/mol. The number of nitriles is 1. The van der Waals surface area contributed by atoms with Crippen molar-refractivity contribution in [2.75, 3.05) is 11.4 Å². The summed E-state index contributed by atoms with van der Waals surface area (Å²) in [6.45, 7) is 5.01. The van der Waals surface area contributed by atoms with E-state index in [1.165, 1.54) is 16.8 Å². The summed E-state index contributed by atoms with van der Waals surface area (Å²) in [5, 5.41) is 9.12. The second-order valence-corrected chi connectivity index (χ2v) is 5.35. The maximum absolute atomic E-state index is 9.12. The summed E-state index contributed by atoms with van der Waals surface area (Å²) in [5.41, 5.74) is 5.45. The van der Waals surface area contributed by atoms with E-state index in [0.29, 0.717) is 5.56 Å². The largest absolute Gasteiger partial charge is 0.326 e. The lowest BCUT2D eigenvalue weighted by Crippen LogP contribution is -2.25. The highest BCUT2D eigenvalue weighted by Crippen LogP contribution is 2.33. The summed E-state index contributed by atoms with van der Waals surface area (Å²) < 4.78 is 0. The van der Waals surface area contributed by atoms with E-state index in [2.05, 4.69) is 41.1 Å². The van der Waals surface area contributed by atoms with Gasteiger partial charge in [0.1, 0.15) is 5.82 Å². The van der Waals surface area contributed by atoms with Gasteiger partial charge in [-0.25, -0.2) is 4.98 Å². The lowest BCUT2D eigenvalue weighted by Gasteiger charge is -2.31. The second kappa shape index (κ2) is 4.97. The van der Waals surface area contributed by atoms with Gasteiger partial charge in [0.05, 0.1) is 11.6 Å². The standard InChI is InChI=1S/C17H17N3/c1-12-5-6-16-15(8-12)4-3-7-20(16)17-10-14(11-18)9-13(2)19-17/h5-6,8-10H,3-4,7H2,1-2H3. The molecule has 0 radical (unpaired) electrons. The van der Waals surface area contributed by atoms with Crippen molar-refractivity contribution in [1.29, 1.82) is 5.26 Å². The summed E-state index contributed by atoms with van der Waals surface area (Å²) in [5.74, 6) is 0.881. The monoisotopic (exact) mass is 263 g/mol. The fourth-order valence-electron chi connectivity index (χ4n) is 2.82. The Morgan fingerprint density at radius 1 is 1.20 bits per heavy atom. The van der Waals surface area contributed by atoms with Crippen LogP contribution >= 0.6 is 0 Å². The third-order valence-electron chi connectivity index (χ3n) is 3.70. The molecule has 100 valence electrons. The number of hydrogen-bond donors (Lipinski definition) is 0. The number of anilines is 2. The van der Waals surface area contributed by atoms with Crippen molar-refractivity contribution in [3.63, 3.8) is 0 Å². The van der Waals surface area contributed by atoms with Crippen LogP contribution in [0.4, 0.5) is 11.5 Å². The molecule has 1 aliphatic rings. The fourth-order valence-corrected chi connectivity index (χ4v) is 2.82. The van der Waals surface area contributed by atoms with Gasteiger partial charge in [-0.15, -0.1) is 0 Å². The Bertz CT molecular complexity index is 698. The number of aromatic nitrogens is 1. The minimum absolute atomic E-state index is 0.673. The zero-order chi connectivity index (χ0) is 14.1. The summed E-state index contributed by atoms with van der Waals surface area (Å²) in [6, 6.07) is 12.5. The molecular weight excluding hydrogens is 246 g/mol. The molecule has 1 aromatic heterocycles. The van der Waals surface area contributed by atoms with Gasteiger partial charge in [0.2, 0.25) is 0 Å². The van der Waals surface area contributed by atoms with Gasteiger partial charge < -0.3 is 4.90 Å². The molecule has 0 spiro atoms. The molecule has 0 bridgehead atoms. The van der Waals surface area contributed by atoms with Crippen LogP contribution in [0.2, 0.25) is 0 Å². The number of rotatable bonds is 1. The average Bonchev–Trinajstić information content (AvgIpc) is 2.45. The van der Waals surface area contributed by atoms with E-state index in [9.17, 15) is 0 Å². The molecule has 1 aliphatic heterocycles. The molecule has 0 saturated carbocycles. The van der Waals surface area contributed by atoms with Gasteiger partial charge in [-0.2, -0.15) is 5.26 Å². The van der Waals surface area contributed by atoms with Gasteiger partial charge in [0.15, 0.2) is 0 Å². The topological polar surface area (TPSA) is 39.9 Å². The van der Waals surface area contributed by atoms with Gasteiger partial charge in [-0.3, -0.25) is 0 Å². The SMILES string of the molecule is Cc1ccc2c(c1)CCCN2c1cc(C#N)cc(C)n1. The minimum Gasteiger partial charge on any atom is -0.326 e. The number of aryl methyl sites for hydroxylation is 3. The Hall–Kier alpha value is -2.34. The molecule has 3 heteroatoms. The third kappa shape index (κ3) is 2.25. The Morgan fingerprint density at radius 3 is 2.85 bits per heavy atom. The molecule has 0 amide bonds. The van der Waals surface area contributed by atoms with E-state index in [0.717, 1.165) is 30.9 Å². The van der Waals surface area contributed by atoms with Crippen molar-refractivity contribution in [3.8, 4) is 6.07 Å². The maximum Gasteiger partial charge on any atom is 0.134 e. The smallest absolute Gasteiger partial charge is 0.134 e. The summed E-state index contributed by atoms with van der Waals surface area (Å²) in [7, 11) is 0. The van der Waals surface area contributed by atoms with Crippen LogP contribution in [0.15, 0.2) is 30.3 Å². The van der Waals surface area contributed by atoms with Crippen molar-refractivity contribution >= 4 is 11.5 Å². The Balaban J connectivity index is 2.09. The molecule has 2 heterocycles. The highest BCUT2D eigenvalue weighted by atomic mass is 15.2. The van der Waals surface area contributed by atoms with Crippen LogP contribution in [-0.2, 0) is 6.42 Å². The Kier molecular flexibility index (Phi) is 3.15. The summed E-state index contributed by atoms with van der Waals surface area (Å²) >= 11 is 0. The molecule has 0 fully saturated rings. The van der Waals surface area contributed by atoms with Crippen LogP contribution < -0.4 is 4.90 Å². The van der Waals surface area contributed by atoms with Gasteiger partial charge >= 0.3 is 0 Å². The van der Waals surface area contributed by atoms with E-state index >= 15 is 0 Å². The molecule has 0 atom stereocenters. The van der Waals surface area contributed by atoms with Crippen LogP contribution in [0.1, 0.15) is 28.8 Å². The molecule has 3 nitrogen and oxygen atoms in total. The number of nitrogens with zero attached hydrogens (tertiary/aromatic N) is 3. The normalized spacial score (nSPS) is 13.8. The van der Waals surface area contributed by atoms with E-state index in [4.69, 9.17) is 5.26 Å². The highest BCUT2D eigenvalue weighted by Gasteiger charge is 2.19.